The summed E-state index contributed by atoms with van der Waals surface area (Å²) in [5.74, 6) is 0.937. The molecule has 1 aliphatic rings. The molecule has 1 aliphatic carbocycles. The second kappa shape index (κ2) is 6.58. The van der Waals surface area contributed by atoms with Gasteiger partial charge in [-0.3, -0.25) is 0 Å². The van der Waals surface area contributed by atoms with Gasteiger partial charge in [0, 0.05) is 29.8 Å². The Bertz CT molecular complexity index is 388. The summed E-state index contributed by atoms with van der Waals surface area (Å²) in [6.45, 7) is 5.56. The van der Waals surface area contributed by atoms with E-state index in [1.54, 1.807) is 0 Å². The number of rotatable bonds is 7. The summed E-state index contributed by atoms with van der Waals surface area (Å²) in [7, 11) is 1.98. The molecule has 100 valence electrons. The highest BCUT2D eigenvalue weighted by molar-refractivity contribution is 9.10. The molecule has 2 rings (SSSR count). The van der Waals surface area contributed by atoms with Gasteiger partial charge in [-0.2, -0.15) is 0 Å². The predicted molar refractivity (Wildman–Crippen MR) is 82.1 cm³/mol. The summed E-state index contributed by atoms with van der Waals surface area (Å²) < 4.78 is 1.21. The molecule has 2 nitrogen and oxygen atoms in total. The van der Waals surface area contributed by atoms with Gasteiger partial charge in [0.2, 0.25) is 0 Å². The van der Waals surface area contributed by atoms with E-state index in [1.807, 2.05) is 7.05 Å². The third kappa shape index (κ3) is 3.72. The molecule has 0 amide bonds. The first-order valence-electron chi connectivity index (χ1n) is 6.92. The van der Waals surface area contributed by atoms with Gasteiger partial charge in [0.1, 0.15) is 0 Å². The van der Waals surface area contributed by atoms with Crippen molar-refractivity contribution < 1.29 is 0 Å². The minimum absolute atomic E-state index is 0.914. The van der Waals surface area contributed by atoms with Crippen LogP contribution in [0.25, 0.3) is 0 Å². The lowest BCUT2D eigenvalue weighted by Crippen LogP contribution is -2.26. The van der Waals surface area contributed by atoms with E-state index < -0.39 is 0 Å². The van der Waals surface area contributed by atoms with Crippen LogP contribution < -0.4 is 10.2 Å². The monoisotopic (exact) mass is 310 g/mol. The quantitative estimate of drug-likeness (QED) is 0.824. The van der Waals surface area contributed by atoms with Gasteiger partial charge in [-0.15, -0.1) is 0 Å². The fourth-order valence-corrected chi connectivity index (χ4v) is 2.78. The molecule has 18 heavy (non-hydrogen) atoms. The van der Waals surface area contributed by atoms with E-state index in [9.17, 15) is 0 Å². The minimum Gasteiger partial charge on any atom is -0.371 e. The van der Waals surface area contributed by atoms with Crippen molar-refractivity contribution in [1.82, 2.24) is 5.32 Å². The van der Waals surface area contributed by atoms with Crippen LogP contribution in [-0.2, 0) is 6.54 Å². The maximum atomic E-state index is 3.68. The number of hydrogen-bond acceptors (Lipinski definition) is 2. The Balaban J connectivity index is 2.10. The summed E-state index contributed by atoms with van der Waals surface area (Å²) in [4.78, 5) is 2.53. The van der Waals surface area contributed by atoms with Crippen molar-refractivity contribution in [2.45, 2.75) is 32.7 Å². The molecule has 0 aromatic heterocycles. The third-order valence-electron chi connectivity index (χ3n) is 3.44. The van der Waals surface area contributed by atoms with Crippen molar-refractivity contribution in [3.8, 4) is 0 Å². The number of halogens is 1. The predicted octanol–water partition coefficient (Wildman–Crippen LogP) is 3.79. The molecule has 0 bridgehead atoms. The lowest BCUT2D eigenvalue weighted by Gasteiger charge is -2.25. The third-order valence-corrected chi connectivity index (χ3v) is 4.18. The smallest absolute Gasteiger partial charge is 0.0377 e. The van der Waals surface area contributed by atoms with Crippen LogP contribution in [0.15, 0.2) is 22.7 Å². The molecule has 1 aromatic rings. The van der Waals surface area contributed by atoms with E-state index in [2.05, 4.69) is 51.3 Å². The summed E-state index contributed by atoms with van der Waals surface area (Å²) in [6.07, 6.45) is 4.04. The highest BCUT2D eigenvalue weighted by Gasteiger charge is 2.24. The second-order valence-corrected chi connectivity index (χ2v) is 6.05. The first kappa shape index (κ1) is 13.9. The summed E-state index contributed by atoms with van der Waals surface area (Å²) in [5.41, 5.74) is 2.68. The summed E-state index contributed by atoms with van der Waals surface area (Å²) in [5, 5.41) is 3.20. The van der Waals surface area contributed by atoms with Gasteiger partial charge < -0.3 is 10.2 Å². The number of nitrogens with one attached hydrogen (secondary N) is 1. The van der Waals surface area contributed by atoms with Crippen molar-refractivity contribution in [3.63, 3.8) is 0 Å². The number of hydrogen-bond donors (Lipinski definition) is 1. The molecule has 1 saturated carbocycles. The molecule has 3 heteroatoms. The highest BCUT2D eigenvalue weighted by atomic mass is 79.9. The zero-order chi connectivity index (χ0) is 13.0. The van der Waals surface area contributed by atoms with Crippen LogP contribution in [0, 0.1) is 5.92 Å². The Morgan fingerprint density at radius 2 is 2.17 bits per heavy atom. The maximum Gasteiger partial charge on any atom is 0.0377 e. The van der Waals surface area contributed by atoms with Gasteiger partial charge >= 0.3 is 0 Å². The normalized spacial score (nSPS) is 14.8. The average molecular weight is 311 g/mol. The van der Waals surface area contributed by atoms with Gasteiger partial charge in [-0.1, -0.05) is 28.9 Å². The lowest BCUT2D eigenvalue weighted by molar-refractivity contribution is 0.707. The van der Waals surface area contributed by atoms with Gasteiger partial charge in [-0.25, -0.2) is 0 Å². The van der Waals surface area contributed by atoms with E-state index in [4.69, 9.17) is 0 Å². The first-order chi connectivity index (χ1) is 8.74. The van der Waals surface area contributed by atoms with Crippen molar-refractivity contribution in [2.24, 2.45) is 5.92 Å². The molecule has 0 spiro atoms. The van der Waals surface area contributed by atoms with Crippen LogP contribution in [0.4, 0.5) is 5.69 Å². The Morgan fingerprint density at radius 1 is 1.39 bits per heavy atom. The SMILES string of the molecule is CCCN(CC1CC1)c1ccc(CNC)c(Br)c1. The molecule has 0 atom stereocenters. The highest BCUT2D eigenvalue weighted by Crippen LogP contribution is 2.32. The molecular formula is C15H23BrN2. The average Bonchev–Trinajstić information content (AvgIpc) is 3.15. The molecule has 0 aliphatic heterocycles. The van der Waals surface area contributed by atoms with Crippen LogP contribution in [0.3, 0.4) is 0 Å². The fraction of sp³-hybridized carbons (Fsp3) is 0.600. The lowest BCUT2D eigenvalue weighted by atomic mass is 10.2. The summed E-state index contributed by atoms with van der Waals surface area (Å²) >= 11 is 3.68. The number of benzene rings is 1. The molecule has 0 heterocycles. The molecule has 0 radical (unpaired) electrons. The Labute approximate surface area is 119 Å². The van der Waals surface area contributed by atoms with Gasteiger partial charge in [0.15, 0.2) is 0 Å². The van der Waals surface area contributed by atoms with Crippen molar-refractivity contribution in [2.75, 3.05) is 25.0 Å². The second-order valence-electron chi connectivity index (χ2n) is 5.20. The molecule has 0 saturated heterocycles. The van der Waals surface area contributed by atoms with Crippen LogP contribution in [0.2, 0.25) is 0 Å². The van der Waals surface area contributed by atoms with Gasteiger partial charge in [0.05, 0.1) is 0 Å². The van der Waals surface area contributed by atoms with E-state index in [1.165, 1.54) is 41.5 Å². The molecule has 1 N–H and O–H groups in total. The zero-order valence-corrected chi connectivity index (χ0v) is 13.0. The molecule has 0 unspecified atom stereocenters. The Kier molecular flexibility index (Phi) is 5.07. The van der Waals surface area contributed by atoms with E-state index in [0.717, 1.165) is 19.0 Å². The molecule has 1 fully saturated rings. The van der Waals surface area contributed by atoms with Crippen LogP contribution in [0.1, 0.15) is 31.7 Å². The van der Waals surface area contributed by atoms with Crippen molar-refractivity contribution in [3.05, 3.63) is 28.2 Å². The number of anilines is 1. The Morgan fingerprint density at radius 3 is 2.72 bits per heavy atom. The van der Waals surface area contributed by atoms with Gasteiger partial charge in [0.25, 0.3) is 0 Å². The first-order valence-corrected chi connectivity index (χ1v) is 7.72. The zero-order valence-electron chi connectivity index (χ0n) is 11.4. The fourth-order valence-electron chi connectivity index (χ4n) is 2.27. The van der Waals surface area contributed by atoms with E-state index >= 15 is 0 Å². The van der Waals surface area contributed by atoms with E-state index in [-0.39, 0.29) is 0 Å². The largest absolute Gasteiger partial charge is 0.371 e. The maximum absolute atomic E-state index is 3.68. The standard InChI is InChI=1S/C15H23BrN2/c1-3-8-18(11-12-4-5-12)14-7-6-13(10-17-2)15(16)9-14/h6-7,9,12,17H,3-5,8,10-11H2,1-2H3. The molecule has 1 aromatic carbocycles. The number of nitrogens with zero attached hydrogens (tertiary/aromatic N) is 1. The van der Waals surface area contributed by atoms with Crippen LogP contribution in [-0.4, -0.2) is 20.1 Å². The Hall–Kier alpha value is -0.540. The van der Waals surface area contributed by atoms with Crippen molar-refractivity contribution in [1.29, 1.82) is 0 Å². The van der Waals surface area contributed by atoms with E-state index in [0.29, 0.717) is 0 Å². The van der Waals surface area contributed by atoms with Crippen LogP contribution in [0.5, 0.6) is 0 Å². The minimum atomic E-state index is 0.914. The van der Waals surface area contributed by atoms with Crippen molar-refractivity contribution >= 4 is 21.6 Å². The topological polar surface area (TPSA) is 15.3 Å². The summed E-state index contributed by atoms with van der Waals surface area (Å²) in [6, 6.07) is 6.76. The molecular weight excluding hydrogens is 288 g/mol. The van der Waals surface area contributed by atoms with Crippen LogP contribution >= 0.6 is 15.9 Å². The van der Waals surface area contributed by atoms with Gasteiger partial charge in [-0.05, 0) is 49.9 Å².